The molecule has 2 unspecified atom stereocenters. The molecular formula is C7H7F3O3S. The summed E-state index contributed by atoms with van der Waals surface area (Å²) in [5.41, 5.74) is -1.27. The van der Waals surface area contributed by atoms with Gasteiger partial charge < -0.3 is 10.2 Å². The summed E-state index contributed by atoms with van der Waals surface area (Å²) in [6.07, 6.45) is -7.71. The van der Waals surface area contributed by atoms with Crippen LogP contribution in [-0.2, 0) is 11.3 Å². The van der Waals surface area contributed by atoms with Gasteiger partial charge in [0.25, 0.3) is 0 Å². The Hall–Kier alpha value is -0.660. The summed E-state index contributed by atoms with van der Waals surface area (Å²) < 4.78 is 47.0. The fourth-order valence-corrected chi connectivity index (χ4v) is 1.63. The van der Waals surface area contributed by atoms with Crippen molar-refractivity contribution in [3.05, 3.63) is 11.6 Å². The quantitative estimate of drug-likeness (QED) is 0.453. The fourth-order valence-electron chi connectivity index (χ4n) is 1.18. The maximum atomic E-state index is 12.2. The molecule has 14 heavy (non-hydrogen) atoms. The van der Waals surface area contributed by atoms with Crippen molar-refractivity contribution in [1.29, 1.82) is 0 Å². The van der Waals surface area contributed by atoms with Gasteiger partial charge in [0.2, 0.25) is 0 Å². The highest BCUT2D eigenvalue weighted by atomic mass is 32.1. The van der Waals surface area contributed by atoms with Gasteiger partial charge in [-0.05, 0) is 6.08 Å². The normalized spacial score (nSPS) is 28.6. The summed E-state index contributed by atoms with van der Waals surface area (Å²) in [5, 5.41) is 18.1. The van der Waals surface area contributed by atoms with E-state index in [1.54, 1.807) is 0 Å². The Kier molecular flexibility index (Phi) is 3.13. The average molecular weight is 228 g/mol. The number of hydrogen-bond acceptors (Lipinski definition) is 3. The van der Waals surface area contributed by atoms with Gasteiger partial charge in [-0.1, -0.05) is 0 Å². The zero-order valence-electron chi connectivity index (χ0n) is 6.78. The van der Waals surface area contributed by atoms with Gasteiger partial charge in [0, 0.05) is 6.42 Å². The predicted octanol–water partition coefficient (Wildman–Crippen LogP) is -0.0140. The third-order valence-corrected chi connectivity index (χ3v) is 2.42. The van der Waals surface area contributed by atoms with E-state index in [1.807, 2.05) is 0 Å². The van der Waals surface area contributed by atoms with Gasteiger partial charge in [0.15, 0.2) is 0 Å². The summed E-state index contributed by atoms with van der Waals surface area (Å²) >= 11 is -0.207. The number of aliphatic hydroxyl groups is 2. The minimum Gasteiger partial charge on any atom is -0.389 e. The highest BCUT2D eigenvalue weighted by Crippen LogP contribution is 2.32. The Morgan fingerprint density at radius 2 is 2.00 bits per heavy atom. The van der Waals surface area contributed by atoms with Gasteiger partial charge in [-0.25, -0.2) is 4.21 Å². The van der Waals surface area contributed by atoms with E-state index >= 15 is 0 Å². The van der Waals surface area contributed by atoms with E-state index in [1.165, 1.54) is 0 Å². The van der Waals surface area contributed by atoms with Crippen molar-refractivity contribution in [1.82, 2.24) is 0 Å². The first-order valence-corrected chi connectivity index (χ1v) is 4.41. The van der Waals surface area contributed by atoms with Gasteiger partial charge >= 0.3 is 6.18 Å². The van der Waals surface area contributed by atoms with E-state index in [2.05, 4.69) is 0 Å². The van der Waals surface area contributed by atoms with Crippen molar-refractivity contribution in [2.45, 2.75) is 24.8 Å². The Morgan fingerprint density at radius 3 is 2.43 bits per heavy atom. The van der Waals surface area contributed by atoms with Crippen molar-refractivity contribution in [3.8, 4) is 0 Å². The molecule has 0 fully saturated rings. The standard InChI is InChI=1S/C7H7F3O3S/c8-7(9,10)4-1-3(11)2-5(14-13)6(4)12/h1,3,6,11-12H,2H2. The lowest BCUT2D eigenvalue weighted by Crippen LogP contribution is -2.37. The van der Waals surface area contributed by atoms with Crippen LogP contribution in [0.3, 0.4) is 0 Å². The van der Waals surface area contributed by atoms with Crippen LogP contribution in [0, 0.1) is 0 Å². The van der Waals surface area contributed by atoms with Crippen molar-refractivity contribution in [3.63, 3.8) is 0 Å². The second-order valence-corrected chi connectivity index (χ2v) is 3.53. The van der Waals surface area contributed by atoms with Crippen LogP contribution in [0.2, 0.25) is 0 Å². The molecule has 1 rings (SSSR count). The third-order valence-electron chi connectivity index (χ3n) is 1.82. The molecule has 0 aromatic heterocycles. The second-order valence-electron chi connectivity index (χ2n) is 2.84. The van der Waals surface area contributed by atoms with E-state index in [9.17, 15) is 17.4 Å². The summed E-state index contributed by atoms with van der Waals surface area (Å²) in [6.45, 7) is 0. The van der Waals surface area contributed by atoms with Gasteiger partial charge in [-0.2, -0.15) is 13.2 Å². The van der Waals surface area contributed by atoms with Crippen LogP contribution >= 0.6 is 0 Å². The largest absolute Gasteiger partial charge is 0.415 e. The first kappa shape index (κ1) is 11.4. The Morgan fingerprint density at radius 1 is 1.43 bits per heavy atom. The molecule has 1 aliphatic rings. The lowest BCUT2D eigenvalue weighted by molar-refractivity contribution is -0.103. The Labute approximate surface area is 80.9 Å². The van der Waals surface area contributed by atoms with Crippen molar-refractivity contribution < 1.29 is 27.6 Å². The summed E-state index contributed by atoms with van der Waals surface area (Å²) in [4.78, 5) is -0.313. The second kappa shape index (κ2) is 3.84. The SMILES string of the molecule is O=S=C1CC(O)C=C(C(F)(F)F)C1O. The van der Waals surface area contributed by atoms with Crippen LogP contribution in [-0.4, -0.2) is 37.7 Å². The van der Waals surface area contributed by atoms with Gasteiger partial charge in [0.1, 0.15) is 6.10 Å². The maximum Gasteiger partial charge on any atom is 0.415 e. The average Bonchev–Trinajstić information content (AvgIpc) is 2.06. The molecule has 0 saturated carbocycles. The molecule has 0 radical (unpaired) electrons. The Bertz CT molecular complexity index is 317. The van der Waals surface area contributed by atoms with Gasteiger partial charge in [-0.15, -0.1) is 0 Å². The van der Waals surface area contributed by atoms with Crippen LogP contribution in [0.4, 0.5) is 13.2 Å². The maximum absolute atomic E-state index is 12.2. The molecule has 1 aliphatic carbocycles. The number of aliphatic hydroxyl groups excluding tert-OH is 2. The molecule has 7 heteroatoms. The van der Waals surface area contributed by atoms with Crippen LogP contribution in [0.15, 0.2) is 11.6 Å². The molecule has 3 nitrogen and oxygen atoms in total. The highest BCUT2D eigenvalue weighted by molar-refractivity contribution is 7.66. The number of hydrogen-bond donors (Lipinski definition) is 2. The molecule has 0 aliphatic heterocycles. The minimum absolute atomic E-state index is 0.207. The van der Waals surface area contributed by atoms with Crippen LogP contribution < -0.4 is 0 Å². The number of alkyl halides is 3. The smallest absolute Gasteiger partial charge is 0.389 e. The molecule has 2 atom stereocenters. The first-order chi connectivity index (χ1) is 6.36. The van der Waals surface area contributed by atoms with Gasteiger partial charge in [0.05, 0.1) is 27.8 Å². The molecule has 0 aromatic carbocycles. The number of halogens is 3. The molecular weight excluding hydrogens is 221 g/mol. The molecule has 0 aromatic rings. The van der Waals surface area contributed by atoms with Crippen LogP contribution in [0.1, 0.15) is 6.42 Å². The van der Waals surface area contributed by atoms with Gasteiger partial charge in [-0.3, -0.25) is 0 Å². The van der Waals surface area contributed by atoms with E-state index in [4.69, 9.17) is 10.2 Å². The first-order valence-electron chi connectivity index (χ1n) is 3.67. The molecule has 0 amide bonds. The topological polar surface area (TPSA) is 57.5 Å². The van der Waals surface area contributed by atoms with Crippen LogP contribution in [0.5, 0.6) is 0 Å². The minimum atomic E-state index is -4.72. The Balaban J connectivity index is 3.11. The third kappa shape index (κ3) is 2.23. The molecule has 0 spiro atoms. The van der Waals surface area contributed by atoms with E-state index in [0.717, 1.165) is 0 Å². The zero-order valence-corrected chi connectivity index (χ0v) is 7.60. The summed E-state index contributed by atoms with van der Waals surface area (Å²) in [6, 6.07) is 0. The lowest BCUT2D eigenvalue weighted by Gasteiger charge is -2.24. The van der Waals surface area contributed by atoms with Crippen molar-refractivity contribution in [2.75, 3.05) is 0 Å². The van der Waals surface area contributed by atoms with E-state index < -0.39 is 24.0 Å². The molecule has 0 heterocycles. The van der Waals surface area contributed by atoms with E-state index in [0.29, 0.717) is 6.08 Å². The summed E-state index contributed by atoms with van der Waals surface area (Å²) in [5.74, 6) is 0. The molecule has 2 N–H and O–H groups in total. The zero-order chi connectivity index (χ0) is 10.9. The van der Waals surface area contributed by atoms with Crippen molar-refractivity contribution in [2.24, 2.45) is 0 Å². The van der Waals surface area contributed by atoms with E-state index in [-0.39, 0.29) is 22.5 Å². The van der Waals surface area contributed by atoms with Crippen molar-refractivity contribution >= 4 is 16.1 Å². The number of rotatable bonds is 0. The lowest BCUT2D eigenvalue weighted by atomic mass is 9.94. The molecule has 0 saturated heterocycles. The molecule has 0 bridgehead atoms. The van der Waals surface area contributed by atoms with Crippen LogP contribution in [0.25, 0.3) is 0 Å². The monoisotopic (exact) mass is 228 g/mol. The highest BCUT2D eigenvalue weighted by Gasteiger charge is 2.42. The fraction of sp³-hybridized carbons (Fsp3) is 0.571. The summed E-state index contributed by atoms with van der Waals surface area (Å²) in [7, 11) is 0. The predicted molar refractivity (Wildman–Crippen MR) is 43.9 cm³/mol. The molecule has 80 valence electrons.